The Hall–Kier alpha value is -1.10. The summed E-state index contributed by atoms with van der Waals surface area (Å²) < 4.78 is 5.41. The van der Waals surface area contributed by atoms with Crippen LogP contribution in [0.3, 0.4) is 0 Å². The highest BCUT2D eigenvalue weighted by Gasteiger charge is 2.12. The molecule has 0 aromatic heterocycles. The number of amides is 1. The topological polar surface area (TPSA) is 66.8 Å². The number of carboxylic acids is 1. The van der Waals surface area contributed by atoms with E-state index in [4.69, 9.17) is 9.84 Å². The van der Waals surface area contributed by atoms with Crippen LogP contribution in [0.15, 0.2) is 0 Å². The predicted molar refractivity (Wildman–Crippen MR) is 69.5 cm³/mol. The van der Waals surface area contributed by atoms with Gasteiger partial charge in [0, 0.05) is 32.7 Å². The fraction of sp³-hybridized carbons (Fsp3) is 0.846. The summed E-state index contributed by atoms with van der Waals surface area (Å²) in [5, 5.41) is 8.62. The summed E-state index contributed by atoms with van der Waals surface area (Å²) in [6, 6.07) is 0. The number of rotatable bonds is 11. The van der Waals surface area contributed by atoms with Gasteiger partial charge in [0.25, 0.3) is 0 Å². The van der Waals surface area contributed by atoms with Crippen molar-refractivity contribution in [3.8, 4) is 0 Å². The first kappa shape index (κ1) is 16.9. The van der Waals surface area contributed by atoms with Crippen LogP contribution in [0.4, 0.5) is 0 Å². The summed E-state index contributed by atoms with van der Waals surface area (Å²) in [7, 11) is 0. The van der Waals surface area contributed by atoms with Gasteiger partial charge >= 0.3 is 5.97 Å². The second-order valence-electron chi connectivity index (χ2n) is 4.20. The molecule has 0 aliphatic rings. The van der Waals surface area contributed by atoms with Gasteiger partial charge in [-0.3, -0.25) is 9.59 Å². The minimum absolute atomic E-state index is 0.00241. The highest BCUT2D eigenvalue weighted by atomic mass is 16.5. The van der Waals surface area contributed by atoms with Crippen molar-refractivity contribution in [1.29, 1.82) is 0 Å². The molecule has 0 heterocycles. The number of carbonyl (C=O) groups excluding carboxylic acids is 1. The Morgan fingerprint density at radius 3 is 2.33 bits per heavy atom. The first-order valence-corrected chi connectivity index (χ1v) is 6.69. The van der Waals surface area contributed by atoms with Gasteiger partial charge in [-0.2, -0.15) is 0 Å². The lowest BCUT2D eigenvalue weighted by molar-refractivity contribution is -0.138. The largest absolute Gasteiger partial charge is 0.481 e. The van der Waals surface area contributed by atoms with Crippen molar-refractivity contribution in [2.75, 3.05) is 26.3 Å². The van der Waals surface area contributed by atoms with E-state index in [1.807, 2.05) is 0 Å². The number of unbranched alkanes of at least 4 members (excludes halogenated alkanes) is 1. The third-order valence-corrected chi connectivity index (χ3v) is 2.61. The monoisotopic (exact) mass is 259 g/mol. The Bertz CT molecular complexity index is 243. The second kappa shape index (κ2) is 11.0. The maximum absolute atomic E-state index is 11.6. The standard InChI is InChI=1S/C13H25NO4/c1-3-5-10-18-11-6-8-14(12(15)4-2)9-7-13(16)17/h3-11H2,1-2H3,(H,16,17). The van der Waals surface area contributed by atoms with Crippen molar-refractivity contribution in [3.63, 3.8) is 0 Å². The minimum Gasteiger partial charge on any atom is -0.481 e. The lowest BCUT2D eigenvalue weighted by atomic mass is 10.3. The number of carbonyl (C=O) groups is 2. The summed E-state index contributed by atoms with van der Waals surface area (Å²) in [6.45, 7) is 6.14. The Balaban J connectivity index is 3.79. The number of carboxylic acid groups (broad SMARTS) is 1. The Morgan fingerprint density at radius 2 is 1.78 bits per heavy atom. The van der Waals surface area contributed by atoms with Crippen LogP contribution < -0.4 is 0 Å². The van der Waals surface area contributed by atoms with E-state index in [0.717, 1.165) is 25.9 Å². The van der Waals surface area contributed by atoms with Gasteiger partial charge in [-0.25, -0.2) is 0 Å². The lowest BCUT2D eigenvalue weighted by Gasteiger charge is -2.21. The fourth-order valence-electron chi connectivity index (χ4n) is 1.52. The van der Waals surface area contributed by atoms with E-state index in [9.17, 15) is 9.59 Å². The van der Waals surface area contributed by atoms with E-state index < -0.39 is 5.97 Å². The average molecular weight is 259 g/mol. The van der Waals surface area contributed by atoms with Crippen LogP contribution >= 0.6 is 0 Å². The fourth-order valence-corrected chi connectivity index (χ4v) is 1.52. The highest BCUT2D eigenvalue weighted by molar-refractivity contribution is 5.76. The van der Waals surface area contributed by atoms with Gasteiger partial charge < -0.3 is 14.7 Å². The molecule has 0 radical (unpaired) electrons. The normalized spacial score (nSPS) is 10.3. The van der Waals surface area contributed by atoms with E-state index in [1.165, 1.54) is 0 Å². The first-order valence-electron chi connectivity index (χ1n) is 6.69. The van der Waals surface area contributed by atoms with E-state index in [0.29, 0.717) is 19.6 Å². The molecule has 0 saturated carbocycles. The van der Waals surface area contributed by atoms with Crippen LogP contribution in [0.2, 0.25) is 0 Å². The molecule has 0 aromatic carbocycles. The van der Waals surface area contributed by atoms with Crippen molar-refractivity contribution in [2.24, 2.45) is 0 Å². The third-order valence-electron chi connectivity index (χ3n) is 2.61. The van der Waals surface area contributed by atoms with Crippen LogP contribution in [0.25, 0.3) is 0 Å². The SMILES string of the molecule is CCCCOCCCN(CCC(=O)O)C(=O)CC. The van der Waals surface area contributed by atoms with Gasteiger partial charge in [-0.1, -0.05) is 20.3 Å². The third kappa shape index (κ3) is 8.98. The molecule has 0 rings (SSSR count). The van der Waals surface area contributed by atoms with Crippen LogP contribution in [0, 0.1) is 0 Å². The molecule has 0 aliphatic heterocycles. The smallest absolute Gasteiger partial charge is 0.305 e. The highest BCUT2D eigenvalue weighted by Crippen LogP contribution is 1.99. The molecule has 106 valence electrons. The first-order chi connectivity index (χ1) is 8.61. The van der Waals surface area contributed by atoms with Crippen molar-refractivity contribution in [3.05, 3.63) is 0 Å². The Kier molecular flexibility index (Phi) is 10.3. The molecule has 5 heteroatoms. The second-order valence-corrected chi connectivity index (χ2v) is 4.20. The molecule has 0 fully saturated rings. The molecule has 1 N–H and O–H groups in total. The van der Waals surface area contributed by atoms with Gasteiger partial charge in [-0.05, 0) is 12.8 Å². The molecule has 0 saturated heterocycles. The molecule has 18 heavy (non-hydrogen) atoms. The van der Waals surface area contributed by atoms with Crippen LogP contribution in [0.1, 0.15) is 46.0 Å². The molecule has 1 amide bonds. The molecule has 5 nitrogen and oxygen atoms in total. The van der Waals surface area contributed by atoms with Gasteiger partial charge in [0.15, 0.2) is 0 Å². The molecule has 0 unspecified atom stereocenters. The zero-order chi connectivity index (χ0) is 13.8. The van der Waals surface area contributed by atoms with Gasteiger partial charge in [0.05, 0.1) is 6.42 Å². The van der Waals surface area contributed by atoms with Gasteiger partial charge in [0.2, 0.25) is 5.91 Å². The summed E-state index contributed by atoms with van der Waals surface area (Å²) in [6.07, 6.45) is 3.34. The van der Waals surface area contributed by atoms with E-state index in [1.54, 1.807) is 11.8 Å². The minimum atomic E-state index is -0.872. The summed E-state index contributed by atoms with van der Waals surface area (Å²) in [5.74, 6) is -0.868. The molecule has 0 aromatic rings. The molecule has 0 aliphatic carbocycles. The van der Waals surface area contributed by atoms with Crippen LogP contribution in [-0.2, 0) is 14.3 Å². The van der Waals surface area contributed by atoms with Crippen molar-refractivity contribution < 1.29 is 19.4 Å². The van der Waals surface area contributed by atoms with E-state index in [2.05, 4.69) is 6.92 Å². The Morgan fingerprint density at radius 1 is 1.11 bits per heavy atom. The number of ether oxygens (including phenoxy) is 1. The number of nitrogens with zero attached hydrogens (tertiary/aromatic N) is 1. The van der Waals surface area contributed by atoms with E-state index >= 15 is 0 Å². The zero-order valence-electron chi connectivity index (χ0n) is 11.5. The molecular formula is C13H25NO4. The molecule has 0 atom stereocenters. The quantitative estimate of drug-likeness (QED) is 0.575. The number of hydrogen-bond acceptors (Lipinski definition) is 3. The number of hydrogen-bond donors (Lipinski definition) is 1. The van der Waals surface area contributed by atoms with Crippen molar-refractivity contribution in [2.45, 2.75) is 46.0 Å². The molecule has 0 bridgehead atoms. The number of aliphatic carboxylic acids is 1. The van der Waals surface area contributed by atoms with Crippen LogP contribution in [-0.4, -0.2) is 48.2 Å². The maximum atomic E-state index is 11.6. The predicted octanol–water partition coefficient (Wildman–Crippen LogP) is 1.91. The van der Waals surface area contributed by atoms with Crippen molar-refractivity contribution in [1.82, 2.24) is 4.90 Å². The maximum Gasteiger partial charge on any atom is 0.305 e. The summed E-state index contributed by atoms with van der Waals surface area (Å²) in [4.78, 5) is 23.7. The molecular weight excluding hydrogens is 234 g/mol. The zero-order valence-corrected chi connectivity index (χ0v) is 11.5. The Labute approximate surface area is 109 Å². The van der Waals surface area contributed by atoms with Crippen molar-refractivity contribution >= 4 is 11.9 Å². The average Bonchev–Trinajstić information content (AvgIpc) is 2.35. The van der Waals surface area contributed by atoms with E-state index in [-0.39, 0.29) is 18.9 Å². The van der Waals surface area contributed by atoms with Gasteiger partial charge in [0.1, 0.15) is 0 Å². The van der Waals surface area contributed by atoms with Crippen LogP contribution in [0.5, 0.6) is 0 Å². The molecule has 0 spiro atoms. The summed E-state index contributed by atoms with van der Waals surface area (Å²) >= 11 is 0. The van der Waals surface area contributed by atoms with Gasteiger partial charge in [-0.15, -0.1) is 0 Å². The summed E-state index contributed by atoms with van der Waals surface area (Å²) in [5.41, 5.74) is 0. The lowest BCUT2D eigenvalue weighted by Crippen LogP contribution is -2.33.